The van der Waals surface area contributed by atoms with Crippen molar-refractivity contribution in [3.8, 4) is 11.2 Å². The van der Waals surface area contributed by atoms with Gasteiger partial charge in [0, 0.05) is 21.9 Å². The lowest BCUT2D eigenvalue weighted by atomic mass is 10.1. The van der Waals surface area contributed by atoms with E-state index in [1.807, 2.05) is 0 Å². The molecule has 0 unspecified atom stereocenters. The second-order valence-corrected chi connectivity index (χ2v) is 4.96. The summed E-state index contributed by atoms with van der Waals surface area (Å²) in [5.41, 5.74) is 0. The van der Waals surface area contributed by atoms with Gasteiger partial charge in [-0.15, -0.1) is 0 Å². The predicted octanol–water partition coefficient (Wildman–Crippen LogP) is 1.71. The van der Waals surface area contributed by atoms with Gasteiger partial charge in [-0.3, -0.25) is 0 Å². The maximum absolute atomic E-state index is 10.4. The minimum atomic E-state index is -3.60. The van der Waals surface area contributed by atoms with Crippen molar-refractivity contribution in [2.24, 2.45) is 5.92 Å². The average molecular weight is 193 g/mol. The quantitative estimate of drug-likeness (QED) is 0.433. The van der Waals surface area contributed by atoms with E-state index < -0.39 is 9.05 Å². The third-order valence-corrected chi connectivity index (χ3v) is 2.33. The van der Waals surface area contributed by atoms with Crippen LogP contribution in [0.3, 0.4) is 0 Å². The summed E-state index contributed by atoms with van der Waals surface area (Å²) in [7, 11) is 1.31. The Morgan fingerprint density at radius 1 is 1.27 bits per heavy atom. The van der Waals surface area contributed by atoms with E-state index in [4.69, 9.17) is 10.7 Å². The van der Waals surface area contributed by atoms with Gasteiger partial charge in [-0.2, -0.15) is 8.42 Å². The number of hydrogen-bond donors (Lipinski definition) is 0. The van der Waals surface area contributed by atoms with Gasteiger partial charge < -0.3 is 0 Å². The fraction of sp³-hybridized carbons (Fsp3) is 0.714. The van der Waals surface area contributed by atoms with Crippen molar-refractivity contribution in [3.05, 3.63) is 0 Å². The molecule has 0 spiro atoms. The lowest BCUT2D eigenvalue weighted by Crippen LogP contribution is -1.88. The molecule has 62 valence electrons. The van der Waals surface area contributed by atoms with Crippen molar-refractivity contribution in [3.63, 3.8) is 0 Å². The van der Waals surface area contributed by atoms with Crippen LogP contribution in [0.25, 0.3) is 0 Å². The van der Waals surface area contributed by atoms with Crippen LogP contribution in [-0.4, -0.2) is 8.42 Å². The Balaban J connectivity index is 2.56. The standard InChI is InChI=1S/C7H9ClO2S/c8-11(9,10)6-5-7-3-1-2-4-7/h7H,1-4H2. The van der Waals surface area contributed by atoms with Crippen LogP contribution in [0.2, 0.25) is 0 Å². The van der Waals surface area contributed by atoms with E-state index in [-0.39, 0.29) is 5.92 Å². The van der Waals surface area contributed by atoms with Crippen molar-refractivity contribution in [2.75, 3.05) is 0 Å². The molecule has 0 aliphatic heterocycles. The summed E-state index contributed by atoms with van der Waals surface area (Å²) in [6, 6.07) is 0. The first-order chi connectivity index (χ1) is 5.08. The van der Waals surface area contributed by atoms with Gasteiger partial charge in [-0.1, -0.05) is 18.8 Å². The summed E-state index contributed by atoms with van der Waals surface area (Å²) in [6.07, 6.45) is 4.34. The molecule has 0 aromatic heterocycles. The number of hydrogen-bond acceptors (Lipinski definition) is 2. The molecule has 0 atom stereocenters. The maximum Gasteiger partial charge on any atom is 0.300 e. The van der Waals surface area contributed by atoms with Crippen LogP contribution in [0.5, 0.6) is 0 Å². The topological polar surface area (TPSA) is 34.1 Å². The van der Waals surface area contributed by atoms with Crippen LogP contribution in [0.4, 0.5) is 0 Å². The molecule has 2 nitrogen and oxygen atoms in total. The Morgan fingerprint density at radius 3 is 2.27 bits per heavy atom. The van der Waals surface area contributed by atoms with Crippen molar-refractivity contribution in [2.45, 2.75) is 25.7 Å². The van der Waals surface area contributed by atoms with Gasteiger partial charge in [0.15, 0.2) is 0 Å². The molecule has 0 saturated heterocycles. The zero-order valence-corrected chi connectivity index (χ0v) is 7.58. The third kappa shape index (κ3) is 3.64. The van der Waals surface area contributed by atoms with E-state index in [1.54, 1.807) is 0 Å². The molecule has 4 heteroatoms. The highest BCUT2D eigenvalue weighted by atomic mass is 35.7. The molecule has 1 aliphatic carbocycles. The Morgan fingerprint density at radius 2 is 1.82 bits per heavy atom. The molecule has 0 radical (unpaired) electrons. The second kappa shape index (κ2) is 3.46. The molecule has 11 heavy (non-hydrogen) atoms. The minimum Gasteiger partial charge on any atom is -0.198 e. The van der Waals surface area contributed by atoms with Crippen molar-refractivity contribution >= 4 is 19.7 Å². The van der Waals surface area contributed by atoms with Gasteiger partial charge in [-0.25, -0.2) is 0 Å². The Labute approximate surface area is 71.4 Å². The fourth-order valence-corrected chi connectivity index (χ4v) is 1.66. The second-order valence-electron chi connectivity index (χ2n) is 2.67. The number of rotatable bonds is 0. The Kier molecular flexibility index (Phi) is 2.80. The SMILES string of the molecule is O=S(=O)(Cl)C#CC1CCCC1. The number of halogens is 1. The van der Waals surface area contributed by atoms with E-state index in [1.165, 1.54) is 0 Å². The molecule has 0 aromatic rings. The van der Waals surface area contributed by atoms with Crippen LogP contribution < -0.4 is 0 Å². The Hall–Kier alpha value is -0.200. The van der Waals surface area contributed by atoms with E-state index in [0.29, 0.717) is 0 Å². The van der Waals surface area contributed by atoms with E-state index in [2.05, 4.69) is 11.2 Å². The summed E-state index contributed by atoms with van der Waals surface area (Å²) in [5, 5.41) is 2.05. The largest absolute Gasteiger partial charge is 0.300 e. The summed E-state index contributed by atoms with van der Waals surface area (Å²) in [5.74, 6) is 2.90. The first-order valence-electron chi connectivity index (χ1n) is 3.55. The van der Waals surface area contributed by atoms with Gasteiger partial charge >= 0.3 is 9.05 Å². The molecule has 1 fully saturated rings. The van der Waals surface area contributed by atoms with E-state index >= 15 is 0 Å². The van der Waals surface area contributed by atoms with Gasteiger partial charge in [0.2, 0.25) is 0 Å². The molecule has 1 rings (SSSR count). The highest BCUT2D eigenvalue weighted by molar-refractivity contribution is 8.17. The van der Waals surface area contributed by atoms with Crippen LogP contribution in [0.15, 0.2) is 0 Å². The molecule has 0 bridgehead atoms. The highest BCUT2D eigenvalue weighted by Gasteiger charge is 2.12. The first kappa shape index (κ1) is 8.89. The van der Waals surface area contributed by atoms with Gasteiger partial charge in [0.05, 0.1) is 0 Å². The van der Waals surface area contributed by atoms with Crippen molar-refractivity contribution in [1.29, 1.82) is 0 Å². The molecule has 1 aliphatic rings. The molecular formula is C7H9ClO2S. The van der Waals surface area contributed by atoms with Crippen LogP contribution >= 0.6 is 10.7 Å². The summed E-state index contributed by atoms with van der Waals surface area (Å²) < 4.78 is 20.8. The molecule has 0 N–H and O–H groups in total. The highest BCUT2D eigenvalue weighted by Crippen LogP contribution is 2.23. The Bertz CT molecular complexity index is 277. The first-order valence-corrected chi connectivity index (χ1v) is 5.86. The smallest absolute Gasteiger partial charge is 0.198 e. The summed E-state index contributed by atoms with van der Waals surface area (Å²) >= 11 is 0. The summed E-state index contributed by atoms with van der Waals surface area (Å²) in [4.78, 5) is 0. The molecule has 0 amide bonds. The predicted molar refractivity (Wildman–Crippen MR) is 44.5 cm³/mol. The molecular weight excluding hydrogens is 184 g/mol. The van der Waals surface area contributed by atoms with Gasteiger partial charge in [0.25, 0.3) is 0 Å². The van der Waals surface area contributed by atoms with E-state index in [0.717, 1.165) is 25.7 Å². The van der Waals surface area contributed by atoms with Gasteiger partial charge in [-0.05, 0) is 12.8 Å². The monoisotopic (exact) mass is 192 g/mol. The van der Waals surface area contributed by atoms with Crippen LogP contribution in [0.1, 0.15) is 25.7 Å². The van der Waals surface area contributed by atoms with Crippen LogP contribution in [0, 0.1) is 17.1 Å². The lowest BCUT2D eigenvalue weighted by molar-refractivity contribution is 0.618. The zero-order valence-electron chi connectivity index (χ0n) is 6.01. The molecule has 0 aromatic carbocycles. The van der Waals surface area contributed by atoms with Gasteiger partial charge in [0.1, 0.15) is 0 Å². The normalized spacial score (nSPS) is 19.4. The average Bonchev–Trinajstić information content (AvgIpc) is 2.32. The van der Waals surface area contributed by atoms with Crippen molar-refractivity contribution < 1.29 is 8.42 Å². The fourth-order valence-electron chi connectivity index (χ4n) is 1.22. The summed E-state index contributed by atoms with van der Waals surface area (Å²) in [6.45, 7) is 0. The molecule has 0 heterocycles. The zero-order chi connectivity index (χ0) is 8.32. The van der Waals surface area contributed by atoms with Crippen molar-refractivity contribution in [1.82, 2.24) is 0 Å². The van der Waals surface area contributed by atoms with Crippen LogP contribution in [-0.2, 0) is 9.05 Å². The van der Waals surface area contributed by atoms with E-state index in [9.17, 15) is 8.42 Å². The maximum atomic E-state index is 10.4. The lowest BCUT2D eigenvalue weighted by Gasteiger charge is -1.93. The minimum absolute atomic E-state index is 0.253. The third-order valence-electron chi connectivity index (χ3n) is 1.74. The molecule has 1 saturated carbocycles.